The quantitative estimate of drug-likeness (QED) is 0.734. The van der Waals surface area contributed by atoms with Crippen molar-refractivity contribution in [2.24, 2.45) is 0 Å². The van der Waals surface area contributed by atoms with Crippen molar-refractivity contribution in [3.8, 4) is 11.4 Å². The van der Waals surface area contributed by atoms with Crippen LogP contribution in [0.4, 0.5) is 8.78 Å². The van der Waals surface area contributed by atoms with Crippen molar-refractivity contribution >= 4 is 5.91 Å². The first-order chi connectivity index (χ1) is 12.5. The number of carbonyl (C=O) groups excluding carboxylic acids is 1. The van der Waals surface area contributed by atoms with Gasteiger partial charge in [0.1, 0.15) is 18.4 Å². The number of alkyl halides is 2. The van der Waals surface area contributed by atoms with Gasteiger partial charge in [-0.3, -0.25) is 4.79 Å². The van der Waals surface area contributed by atoms with Gasteiger partial charge in [-0.05, 0) is 48.9 Å². The predicted octanol–water partition coefficient (Wildman–Crippen LogP) is 3.36. The van der Waals surface area contributed by atoms with E-state index in [1.54, 1.807) is 11.0 Å². The van der Waals surface area contributed by atoms with E-state index in [-0.39, 0.29) is 17.7 Å². The van der Waals surface area contributed by atoms with E-state index in [9.17, 15) is 13.6 Å². The molecule has 1 atom stereocenters. The van der Waals surface area contributed by atoms with Crippen molar-refractivity contribution in [1.82, 2.24) is 20.1 Å². The minimum absolute atomic E-state index is 0.00768. The second-order valence-corrected chi connectivity index (χ2v) is 5.53. The highest BCUT2D eigenvalue weighted by atomic mass is 19.3. The van der Waals surface area contributed by atoms with Gasteiger partial charge in [0.25, 0.3) is 5.91 Å². The normalized spacial score (nSPS) is 12.0. The number of hydrogen-bond acceptors (Lipinski definition) is 4. The monoisotopic (exact) mass is 358 g/mol. The fourth-order valence-corrected chi connectivity index (χ4v) is 2.41. The highest BCUT2D eigenvalue weighted by molar-refractivity contribution is 5.94. The van der Waals surface area contributed by atoms with Gasteiger partial charge in [0.15, 0.2) is 0 Å². The van der Waals surface area contributed by atoms with E-state index in [4.69, 9.17) is 0 Å². The van der Waals surface area contributed by atoms with Gasteiger partial charge in [-0.25, -0.2) is 9.67 Å². The lowest BCUT2D eigenvalue weighted by Crippen LogP contribution is -2.26. The summed E-state index contributed by atoms with van der Waals surface area (Å²) in [5.74, 6) is -0.297. The van der Waals surface area contributed by atoms with Gasteiger partial charge in [-0.1, -0.05) is 12.1 Å². The Morgan fingerprint density at radius 3 is 2.38 bits per heavy atom. The number of amides is 1. The maximum absolute atomic E-state index is 12.3. The van der Waals surface area contributed by atoms with E-state index in [1.807, 2.05) is 31.2 Å². The first-order valence-corrected chi connectivity index (χ1v) is 7.83. The zero-order chi connectivity index (χ0) is 18.5. The van der Waals surface area contributed by atoms with Crippen molar-refractivity contribution in [2.45, 2.75) is 19.6 Å². The number of nitrogens with one attached hydrogen (secondary N) is 1. The zero-order valence-corrected chi connectivity index (χ0v) is 13.8. The van der Waals surface area contributed by atoms with Gasteiger partial charge in [-0.15, -0.1) is 0 Å². The van der Waals surface area contributed by atoms with E-state index in [0.717, 1.165) is 11.3 Å². The second kappa shape index (κ2) is 7.73. The van der Waals surface area contributed by atoms with Crippen molar-refractivity contribution in [2.75, 3.05) is 0 Å². The molecule has 1 aromatic heterocycles. The molecule has 1 N–H and O–H groups in total. The number of ether oxygens (including phenoxy) is 1. The standard InChI is InChI=1S/C18H16F2N4O2/c1-12(13-2-6-15(7-3-13)24-11-21-10-22-24)23-17(25)14-4-8-16(9-5-14)26-18(19)20/h2-12,18H,1H3,(H,23,25)/t12-/m0/s1. The highest BCUT2D eigenvalue weighted by Gasteiger charge is 2.12. The molecule has 0 radical (unpaired) electrons. The largest absolute Gasteiger partial charge is 0.435 e. The van der Waals surface area contributed by atoms with Crippen LogP contribution < -0.4 is 10.1 Å². The van der Waals surface area contributed by atoms with Crippen LogP contribution in [-0.2, 0) is 0 Å². The average molecular weight is 358 g/mol. The van der Waals surface area contributed by atoms with Crippen molar-refractivity contribution in [3.63, 3.8) is 0 Å². The lowest BCUT2D eigenvalue weighted by Gasteiger charge is -2.15. The molecule has 0 saturated carbocycles. The summed E-state index contributed by atoms with van der Waals surface area (Å²) >= 11 is 0. The molecule has 8 heteroatoms. The average Bonchev–Trinajstić information content (AvgIpc) is 3.16. The lowest BCUT2D eigenvalue weighted by atomic mass is 10.1. The summed E-state index contributed by atoms with van der Waals surface area (Å²) < 4.78 is 30.2. The summed E-state index contributed by atoms with van der Waals surface area (Å²) in [6.07, 6.45) is 3.05. The number of aromatic nitrogens is 3. The summed E-state index contributed by atoms with van der Waals surface area (Å²) in [7, 11) is 0. The maximum atomic E-state index is 12.3. The molecule has 3 aromatic rings. The number of nitrogens with zero attached hydrogens (tertiary/aromatic N) is 3. The Balaban J connectivity index is 1.63. The molecule has 0 aliphatic rings. The van der Waals surface area contributed by atoms with E-state index < -0.39 is 6.61 Å². The SMILES string of the molecule is C[C@H](NC(=O)c1ccc(OC(F)F)cc1)c1ccc(-n2cncn2)cc1. The summed E-state index contributed by atoms with van der Waals surface area (Å²) in [6, 6.07) is 12.8. The molecule has 0 fully saturated rings. The smallest absolute Gasteiger partial charge is 0.387 e. The summed E-state index contributed by atoms with van der Waals surface area (Å²) in [5.41, 5.74) is 2.14. The molecule has 1 heterocycles. The van der Waals surface area contributed by atoms with Gasteiger partial charge in [-0.2, -0.15) is 13.9 Å². The van der Waals surface area contributed by atoms with Gasteiger partial charge in [0.05, 0.1) is 11.7 Å². The number of benzene rings is 2. The Kier molecular flexibility index (Phi) is 5.21. The van der Waals surface area contributed by atoms with E-state index in [1.165, 1.54) is 30.6 Å². The van der Waals surface area contributed by atoms with Crippen LogP contribution in [0.5, 0.6) is 5.75 Å². The molecule has 2 aromatic carbocycles. The molecule has 0 bridgehead atoms. The Morgan fingerprint density at radius 2 is 1.81 bits per heavy atom. The Hall–Kier alpha value is -3.29. The summed E-state index contributed by atoms with van der Waals surface area (Å²) in [6.45, 7) is -1.04. The molecule has 3 rings (SSSR count). The molecule has 0 saturated heterocycles. The maximum Gasteiger partial charge on any atom is 0.387 e. The van der Waals surface area contributed by atoms with Gasteiger partial charge < -0.3 is 10.1 Å². The molecular weight excluding hydrogens is 342 g/mol. The number of rotatable bonds is 6. The fraction of sp³-hybridized carbons (Fsp3) is 0.167. The van der Waals surface area contributed by atoms with Gasteiger partial charge in [0.2, 0.25) is 0 Å². The molecule has 0 aliphatic heterocycles. The highest BCUT2D eigenvalue weighted by Crippen LogP contribution is 2.18. The molecule has 6 nitrogen and oxygen atoms in total. The third-order valence-corrected chi connectivity index (χ3v) is 3.77. The summed E-state index contributed by atoms with van der Waals surface area (Å²) in [5, 5.41) is 6.92. The topological polar surface area (TPSA) is 69.0 Å². The number of hydrogen-bond donors (Lipinski definition) is 1. The van der Waals surface area contributed by atoms with E-state index in [0.29, 0.717) is 5.56 Å². The molecule has 0 aliphatic carbocycles. The second-order valence-electron chi connectivity index (χ2n) is 5.53. The van der Waals surface area contributed by atoms with Crippen LogP contribution >= 0.6 is 0 Å². The van der Waals surface area contributed by atoms with Crippen molar-refractivity contribution < 1.29 is 18.3 Å². The van der Waals surface area contributed by atoms with Gasteiger partial charge in [0, 0.05) is 5.56 Å². The van der Waals surface area contributed by atoms with Gasteiger partial charge >= 0.3 is 6.61 Å². The Labute approximate surface area is 148 Å². The molecule has 1 amide bonds. The van der Waals surface area contributed by atoms with Crippen molar-refractivity contribution in [1.29, 1.82) is 0 Å². The summed E-state index contributed by atoms with van der Waals surface area (Å²) in [4.78, 5) is 16.2. The van der Waals surface area contributed by atoms with E-state index >= 15 is 0 Å². The minimum atomic E-state index is -2.89. The number of carbonyl (C=O) groups is 1. The van der Waals surface area contributed by atoms with Crippen LogP contribution in [0.15, 0.2) is 61.2 Å². The van der Waals surface area contributed by atoms with Crippen LogP contribution in [0.1, 0.15) is 28.9 Å². The third-order valence-electron chi connectivity index (χ3n) is 3.77. The first kappa shape index (κ1) is 17.5. The van der Waals surface area contributed by atoms with Crippen LogP contribution in [-0.4, -0.2) is 27.3 Å². The van der Waals surface area contributed by atoms with Crippen LogP contribution in [0.2, 0.25) is 0 Å². The van der Waals surface area contributed by atoms with E-state index in [2.05, 4.69) is 20.1 Å². The third kappa shape index (κ3) is 4.21. The minimum Gasteiger partial charge on any atom is -0.435 e. The van der Waals surface area contributed by atoms with Crippen LogP contribution in [0, 0.1) is 0 Å². The molecule has 0 spiro atoms. The predicted molar refractivity (Wildman–Crippen MR) is 90.3 cm³/mol. The van der Waals surface area contributed by atoms with Crippen molar-refractivity contribution in [3.05, 3.63) is 72.3 Å². The lowest BCUT2D eigenvalue weighted by molar-refractivity contribution is -0.0498. The fourth-order valence-electron chi connectivity index (χ4n) is 2.41. The Bertz CT molecular complexity index is 850. The Morgan fingerprint density at radius 1 is 1.12 bits per heavy atom. The zero-order valence-electron chi connectivity index (χ0n) is 13.8. The first-order valence-electron chi connectivity index (χ1n) is 7.83. The van der Waals surface area contributed by atoms with Crippen LogP contribution in [0.25, 0.3) is 5.69 Å². The number of halogens is 2. The molecule has 134 valence electrons. The molecule has 0 unspecified atom stereocenters. The molecule has 26 heavy (non-hydrogen) atoms. The van der Waals surface area contributed by atoms with Crippen LogP contribution in [0.3, 0.4) is 0 Å². The molecular formula is C18H16F2N4O2.